The zero-order valence-electron chi connectivity index (χ0n) is 17.0. The van der Waals surface area contributed by atoms with Crippen LogP contribution in [0, 0.1) is 11.8 Å². The quantitative estimate of drug-likeness (QED) is 0.757. The van der Waals surface area contributed by atoms with Crippen LogP contribution in [-0.4, -0.2) is 41.6 Å². The number of hydrogen-bond acceptors (Lipinski definition) is 3. The first kappa shape index (κ1) is 21.0. The van der Waals surface area contributed by atoms with E-state index in [4.69, 9.17) is 16.3 Å². The number of piperidine rings is 1. The molecule has 28 heavy (non-hydrogen) atoms. The van der Waals surface area contributed by atoms with Crippen molar-refractivity contribution in [2.45, 2.75) is 64.5 Å². The van der Waals surface area contributed by atoms with E-state index >= 15 is 0 Å². The third-order valence-electron chi connectivity index (χ3n) is 5.47. The number of likely N-dealkylation sites (tertiary alicyclic amines) is 1. The molecule has 1 unspecified atom stereocenters. The number of hydrogen-bond donors (Lipinski definition) is 1. The Hall–Kier alpha value is -1.75. The van der Waals surface area contributed by atoms with Gasteiger partial charge in [0.15, 0.2) is 0 Å². The van der Waals surface area contributed by atoms with Gasteiger partial charge >= 0.3 is 6.09 Å². The lowest BCUT2D eigenvalue weighted by molar-refractivity contribution is 0.0177. The lowest BCUT2D eigenvalue weighted by Crippen LogP contribution is -2.44. The highest BCUT2D eigenvalue weighted by atomic mass is 35.5. The minimum absolute atomic E-state index is 0.0280. The maximum absolute atomic E-state index is 12.6. The highest BCUT2D eigenvalue weighted by Crippen LogP contribution is 2.37. The fourth-order valence-electron chi connectivity index (χ4n) is 3.76. The monoisotopic (exact) mass is 406 g/mol. The molecule has 0 radical (unpaired) electrons. The highest BCUT2D eigenvalue weighted by Gasteiger charge is 2.35. The molecule has 3 rings (SSSR count). The van der Waals surface area contributed by atoms with E-state index in [2.05, 4.69) is 5.32 Å². The average Bonchev–Trinajstić information content (AvgIpc) is 3.46. The lowest BCUT2D eigenvalue weighted by atomic mass is 9.88. The van der Waals surface area contributed by atoms with Crippen LogP contribution in [0.4, 0.5) is 4.79 Å². The predicted octanol–water partition coefficient (Wildman–Crippen LogP) is 4.89. The highest BCUT2D eigenvalue weighted by molar-refractivity contribution is 6.30. The van der Waals surface area contributed by atoms with Crippen molar-refractivity contribution in [2.75, 3.05) is 13.1 Å². The molecule has 1 aromatic rings. The summed E-state index contributed by atoms with van der Waals surface area (Å²) >= 11 is 5.91. The lowest BCUT2D eigenvalue weighted by Gasteiger charge is -2.35. The molecule has 2 amide bonds. The smallest absolute Gasteiger partial charge is 0.410 e. The van der Waals surface area contributed by atoms with E-state index < -0.39 is 5.60 Å². The van der Waals surface area contributed by atoms with Crippen molar-refractivity contribution >= 4 is 23.6 Å². The normalized spacial score (nSPS) is 19.2. The van der Waals surface area contributed by atoms with Crippen LogP contribution < -0.4 is 5.32 Å². The second kappa shape index (κ2) is 8.73. The summed E-state index contributed by atoms with van der Waals surface area (Å²) in [6.45, 7) is 7.12. The van der Waals surface area contributed by atoms with Gasteiger partial charge in [-0.3, -0.25) is 4.79 Å². The van der Waals surface area contributed by atoms with Crippen molar-refractivity contribution in [3.63, 3.8) is 0 Å². The SMILES string of the molecule is CC(C)(C)OC(=O)N1CCC(CC(NC(=O)c2ccc(Cl)cc2)C2CC2)CC1. The Morgan fingerprint density at radius 3 is 2.29 bits per heavy atom. The maximum Gasteiger partial charge on any atom is 0.410 e. The van der Waals surface area contributed by atoms with E-state index in [1.165, 1.54) is 12.8 Å². The molecule has 6 heteroatoms. The molecule has 0 aromatic heterocycles. The Labute approximate surface area is 172 Å². The Morgan fingerprint density at radius 1 is 1.14 bits per heavy atom. The van der Waals surface area contributed by atoms with Crippen LogP contribution in [0.15, 0.2) is 24.3 Å². The predicted molar refractivity (Wildman–Crippen MR) is 111 cm³/mol. The topological polar surface area (TPSA) is 58.6 Å². The number of halogens is 1. The summed E-state index contributed by atoms with van der Waals surface area (Å²) in [6, 6.07) is 7.23. The van der Waals surface area contributed by atoms with Crippen LogP contribution in [0.2, 0.25) is 5.02 Å². The van der Waals surface area contributed by atoms with Crippen molar-refractivity contribution in [1.82, 2.24) is 10.2 Å². The summed E-state index contributed by atoms with van der Waals surface area (Å²) < 4.78 is 5.47. The van der Waals surface area contributed by atoms with E-state index in [-0.39, 0.29) is 18.0 Å². The zero-order chi connectivity index (χ0) is 20.3. The summed E-state index contributed by atoms with van der Waals surface area (Å²) in [4.78, 5) is 26.6. The molecule has 0 spiro atoms. The van der Waals surface area contributed by atoms with Gasteiger partial charge in [0.2, 0.25) is 0 Å². The Bertz CT molecular complexity index is 687. The first-order valence-electron chi connectivity index (χ1n) is 10.3. The Balaban J connectivity index is 1.50. The van der Waals surface area contributed by atoms with Crippen molar-refractivity contribution in [3.05, 3.63) is 34.9 Å². The van der Waals surface area contributed by atoms with Crippen LogP contribution in [0.3, 0.4) is 0 Å². The van der Waals surface area contributed by atoms with Crippen molar-refractivity contribution in [1.29, 1.82) is 0 Å². The average molecular weight is 407 g/mol. The van der Waals surface area contributed by atoms with Gasteiger partial charge in [0, 0.05) is 29.7 Å². The molecule has 0 bridgehead atoms. The fourth-order valence-corrected chi connectivity index (χ4v) is 3.88. The van der Waals surface area contributed by atoms with Gasteiger partial charge in [-0.05, 0) is 89.0 Å². The van der Waals surface area contributed by atoms with Crippen LogP contribution in [0.5, 0.6) is 0 Å². The minimum Gasteiger partial charge on any atom is -0.444 e. The number of carbonyl (C=O) groups excluding carboxylic acids is 2. The van der Waals surface area contributed by atoms with Gasteiger partial charge < -0.3 is 15.0 Å². The van der Waals surface area contributed by atoms with Gasteiger partial charge in [0.1, 0.15) is 5.60 Å². The van der Waals surface area contributed by atoms with Gasteiger partial charge in [-0.2, -0.15) is 0 Å². The van der Waals surface area contributed by atoms with Crippen LogP contribution >= 0.6 is 11.6 Å². The van der Waals surface area contributed by atoms with Crippen molar-refractivity contribution in [3.8, 4) is 0 Å². The Morgan fingerprint density at radius 2 is 1.75 bits per heavy atom. The molecule has 1 heterocycles. The van der Waals surface area contributed by atoms with Crippen LogP contribution in [-0.2, 0) is 4.74 Å². The van der Waals surface area contributed by atoms with Gasteiger partial charge in [0.25, 0.3) is 5.91 Å². The molecule has 2 aliphatic rings. The van der Waals surface area contributed by atoms with Crippen molar-refractivity contribution < 1.29 is 14.3 Å². The van der Waals surface area contributed by atoms with E-state index in [9.17, 15) is 9.59 Å². The summed E-state index contributed by atoms with van der Waals surface area (Å²) in [7, 11) is 0. The summed E-state index contributed by atoms with van der Waals surface area (Å²) in [5, 5.41) is 3.87. The van der Waals surface area contributed by atoms with Gasteiger partial charge in [0.05, 0.1) is 0 Å². The number of rotatable bonds is 5. The molecule has 1 saturated heterocycles. The van der Waals surface area contributed by atoms with E-state index in [1.54, 1.807) is 29.2 Å². The number of benzene rings is 1. The molecule has 1 saturated carbocycles. The third kappa shape index (κ3) is 6.13. The van der Waals surface area contributed by atoms with Gasteiger partial charge in [-0.1, -0.05) is 11.6 Å². The molecule has 154 valence electrons. The van der Waals surface area contributed by atoms with Gasteiger partial charge in [-0.15, -0.1) is 0 Å². The van der Waals surface area contributed by atoms with E-state index in [0.29, 0.717) is 22.4 Å². The summed E-state index contributed by atoms with van der Waals surface area (Å²) in [5.41, 5.74) is 0.187. The second-order valence-corrected chi connectivity index (χ2v) is 9.51. The van der Waals surface area contributed by atoms with Crippen LogP contribution in [0.25, 0.3) is 0 Å². The molecule has 1 aliphatic heterocycles. The fraction of sp³-hybridized carbons (Fsp3) is 0.636. The number of nitrogens with one attached hydrogen (secondary N) is 1. The molecular formula is C22H31ClN2O3. The van der Waals surface area contributed by atoms with Crippen molar-refractivity contribution in [2.24, 2.45) is 11.8 Å². The minimum atomic E-state index is -0.461. The molecular weight excluding hydrogens is 376 g/mol. The van der Waals surface area contributed by atoms with Crippen LogP contribution in [0.1, 0.15) is 63.2 Å². The number of carbonyl (C=O) groups is 2. The molecule has 1 N–H and O–H groups in total. The standard InChI is InChI=1S/C22H31ClN2O3/c1-22(2,3)28-21(27)25-12-10-15(11-13-25)14-19(16-4-5-16)24-20(26)17-6-8-18(23)9-7-17/h6-9,15-16,19H,4-5,10-14H2,1-3H3,(H,24,26). The molecule has 1 aromatic carbocycles. The largest absolute Gasteiger partial charge is 0.444 e. The molecule has 1 atom stereocenters. The zero-order valence-corrected chi connectivity index (χ0v) is 17.8. The Kier molecular flexibility index (Phi) is 6.54. The van der Waals surface area contributed by atoms with E-state index in [0.717, 1.165) is 32.4 Å². The number of nitrogens with zero attached hydrogens (tertiary/aromatic N) is 1. The van der Waals surface area contributed by atoms with Gasteiger partial charge in [-0.25, -0.2) is 4.79 Å². The van der Waals surface area contributed by atoms with E-state index in [1.807, 2.05) is 20.8 Å². The molecule has 1 aliphatic carbocycles. The number of amides is 2. The first-order valence-corrected chi connectivity index (χ1v) is 10.6. The summed E-state index contributed by atoms with van der Waals surface area (Å²) in [6.07, 6.45) is 5.04. The first-order chi connectivity index (χ1) is 13.2. The summed E-state index contributed by atoms with van der Waals surface area (Å²) in [5.74, 6) is 1.08. The molecule has 2 fully saturated rings. The second-order valence-electron chi connectivity index (χ2n) is 9.07. The third-order valence-corrected chi connectivity index (χ3v) is 5.72. The molecule has 5 nitrogen and oxygen atoms in total. The number of ether oxygens (including phenoxy) is 1. The maximum atomic E-state index is 12.6.